The van der Waals surface area contributed by atoms with E-state index < -0.39 is 10.0 Å². The highest BCUT2D eigenvalue weighted by atomic mass is 32.2. The zero-order chi connectivity index (χ0) is 20.7. The maximum atomic E-state index is 11.4. The summed E-state index contributed by atoms with van der Waals surface area (Å²) in [5.74, 6) is 0.409. The van der Waals surface area contributed by atoms with Crippen LogP contribution in [0.15, 0.2) is 78.0 Å². The van der Waals surface area contributed by atoms with Crippen molar-refractivity contribution in [1.29, 1.82) is 0 Å². The molecule has 0 amide bonds. The number of hydrogen-bond donors (Lipinski definition) is 3. The number of nitrogens with one attached hydrogen (secondary N) is 2. The van der Waals surface area contributed by atoms with Gasteiger partial charge in [-0.1, -0.05) is 24.3 Å². The molecule has 0 atom stereocenters. The molecule has 0 bridgehead atoms. The second kappa shape index (κ2) is 6.90. The summed E-state index contributed by atoms with van der Waals surface area (Å²) in [6.45, 7) is 0. The predicted molar refractivity (Wildman–Crippen MR) is 116 cm³/mol. The Morgan fingerprint density at radius 1 is 0.867 bits per heavy atom. The quantitative estimate of drug-likeness (QED) is 0.411. The third kappa shape index (κ3) is 3.47. The monoisotopic (exact) mass is 416 g/mol. The van der Waals surface area contributed by atoms with Crippen LogP contribution in [0, 0.1) is 0 Å². The number of primary sulfonamides is 1. The summed E-state index contributed by atoms with van der Waals surface area (Å²) in [6.07, 6.45) is 3.53. The fourth-order valence-corrected chi connectivity index (χ4v) is 3.75. The number of fused-ring (bicyclic) bond motifs is 2. The number of aromatic nitrogens is 4. The van der Waals surface area contributed by atoms with Crippen molar-refractivity contribution in [1.82, 2.24) is 20.2 Å². The summed E-state index contributed by atoms with van der Waals surface area (Å²) in [4.78, 5) is 8.97. The topological polar surface area (TPSA) is 127 Å². The Hall–Kier alpha value is -3.82. The molecule has 3 aromatic carbocycles. The first-order valence-corrected chi connectivity index (χ1v) is 10.6. The molecule has 8 nitrogen and oxygen atoms in total. The van der Waals surface area contributed by atoms with Gasteiger partial charge in [0.15, 0.2) is 0 Å². The van der Waals surface area contributed by atoms with Crippen LogP contribution < -0.4 is 10.5 Å². The van der Waals surface area contributed by atoms with E-state index in [4.69, 9.17) is 5.14 Å². The molecule has 0 fully saturated rings. The van der Waals surface area contributed by atoms with Gasteiger partial charge in [-0.2, -0.15) is 5.10 Å². The maximum Gasteiger partial charge on any atom is 0.238 e. The van der Waals surface area contributed by atoms with Crippen molar-refractivity contribution < 1.29 is 8.42 Å². The Morgan fingerprint density at radius 3 is 2.37 bits per heavy atom. The summed E-state index contributed by atoms with van der Waals surface area (Å²) in [7, 11) is -3.73. The van der Waals surface area contributed by atoms with E-state index in [1.807, 2.05) is 30.3 Å². The fraction of sp³-hybridized carbons (Fsp3) is 0. The molecule has 0 aliphatic heterocycles. The van der Waals surface area contributed by atoms with Gasteiger partial charge in [0, 0.05) is 22.7 Å². The molecule has 30 heavy (non-hydrogen) atoms. The number of nitrogens with two attached hydrogens (primary N) is 1. The fourth-order valence-electron chi connectivity index (χ4n) is 3.24. The van der Waals surface area contributed by atoms with Crippen molar-refractivity contribution in [2.45, 2.75) is 4.90 Å². The average molecular weight is 416 g/mol. The lowest BCUT2D eigenvalue weighted by Gasteiger charge is -2.08. The van der Waals surface area contributed by atoms with Gasteiger partial charge in [0.1, 0.15) is 0 Å². The van der Waals surface area contributed by atoms with Gasteiger partial charge in [-0.15, -0.1) is 0 Å². The molecular formula is C21H16N6O2S. The standard InChI is InChI=1S/C21H16N6O2S/c22-30(28,29)18-7-5-17(6-8-18)25-21-23-11-15-3-1-13(9-19(15)26-21)14-2-4-16-12-24-27-20(16)10-14/h1-12H,(H,24,27)(H2,22,28,29)(H,23,25,26). The van der Waals surface area contributed by atoms with Crippen molar-refractivity contribution in [3.63, 3.8) is 0 Å². The third-order valence-electron chi connectivity index (χ3n) is 4.80. The summed E-state index contributed by atoms with van der Waals surface area (Å²) < 4.78 is 22.8. The largest absolute Gasteiger partial charge is 0.324 e. The number of aromatic amines is 1. The molecule has 0 radical (unpaired) electrons. The van der Waals surface area contributed by atoms with Crippen molar-refractivity contribution in [2.75, 3.05) is 5.32 Å². The molecule has 0 aliphatic carbocycles. The smallest absolute Gasteiger partial charge is 0.238 e. The first kappa shape index (κ1) is 18.2. The van der Waals surface area contributed by atoms with E-state index in [2.05, 4.69) is 31.5 Å². The van der Waals surface area contributed by atoms with E-state index in [0.717, 1.165) is 32.9 Å². The highest BCUT2D eigenvalue weighted by molar-refractivity contribution is 7.89. The molecule has 0 spiro atoms. The lowest BCUT2D eigenvalue weighted by Crippen LogP contribution is -2.11. The number of rotatable bonds is 4. The summed E-state index contributed by atoms with van der Waals surface area (Å²) >= 11 is 0. The number of hydrogen-bond acceptors (Lipinski definition) is 6. The summed E-state index contributed by atoms with van der Waals surface area (Å²) in [5, 5.41) is 17.2. The van der Waals surface area contributed by atoms with Gasteiger partial charge in [-0.3, -0.25) is 5.10 Å². The van der Waals surface area contributed by atoms with Crippen LogP contribution in [0.3, 0.4) is 0 Å². The number of H-pyrrole nitrogens is 1. The second-order valence-corrected chi connectivity index (χ2v) is 8.40. The van der Waals surface area contributed by atoms with Crippen LogP contribution in [0.2, 0.25) is 0 Å². The van der Waals surface area contributed by atoms with E-state index in [1.54, 1.807) is 24.5 Å². The zero-order valence-electron chi connectivity index (χ0n) is 15.6. The minimum absolute atomic E-state index is 0.0476. The van der Waals surface area contributed by atoms with E-state index in [0.29, 0.717) is 11.6 Å². The molecule has 148 valence electrons. The van der Waals surface area contributed by atoms with Crippen LogP contribution in [-0.4, -0.2) is 28.6 Å². The van der Waals surface area contributed by atoms with Crippen LogP contribution in [0.5, 0.6) is 0 Å². The lowest BCUT2D eigenvalue weighted by atomic mass is 10.0. The number of nitrogens with zero attached hydrogens (tertiary/aromatic N) is 3. The Labute approximate surface area is 171 Å². The number of anilines is 2. The minimum atomic E-state index is -3.73. The van der Waals surface area contributed by atoms with Crippen LogP contribution >= 0.6 is 0 Å². The molecule has 0 unspecified atom stereocenters. The van der Waals surface area contributed by atoms with E-state index in [9.17, 15) is 8.42 Å². The van der Waals surface area contributed by atoms with Gasteiger partial charge < -0.3 is 5.32 Å². The minimum Gasteiger partial charge on any atom is -0.324 e. The maximum absolute atomic E-state index is 11.4. The Balaban J connectivity index is 1.47. The number of sulfonamides is 1. The average Bonchev–Trinajstić information content (AvgIpc) is 3.21. The van der Waals surface area contributed by atoms with Crippen molar-refractivity contribution >= 4 is 43.5 Å². The molecule has 5 aromatic rings. The Kier molecular flexibility index (Phi) is 4.19. The molecule has 2 aromatic heterocycles. The van der Waals surface area contributed by atoms with Gasteiger partial charge in [0.2, 0.25) is 16.0 Å². The molecule has 5 rings (SSSR count). The van der Waals surface area contributed by atoms with Crippen LogP contribution in [0.4, 0.5) is 11.6 Å². The van der Waals surface area contributed by atoms with Gasteiger partial charge in [0.05, 0.1) is 22.1 Å². The highest BCUT2D eigenvalue weighted by Gasteiger charge is 2.08. The van der Waals surface area contributed by atoms with Crippen LogP contribution in [0.25, 0.3) is 32.9 Å². The normalized spacial score (nSPS) is 11.8. The van der Waals surface area contributed by atoms with Gasteiger partial charge in [0.25, 0.3) is 0 Å². The molecule has 2 heterocycles. The van der Waals surface area contributed by atoms with E-state index in [1.165, 1.54) is 12.1 Å². The van der Waals surface area contributed by atoms with Gasteiger partial charge >= 0.3 is 0 Å². The summed E-state index contributed by atoms with van der Waals surface area (Å²) in [5.41, 5.74) is 4.50. The third-order valence-corrected chi connectivity index (χ3v) is 5.73. The molecule has 0 saturated carbocycles. The number of benzene rings is 3. The van der Waals surface area contributed by atoms with Crippen LogP contribution in [0.1, 0.15) is 0 Å². The molecule has 4 N–H and O–H groups in total. The van der Waals surface area contributed by atoms with Crippen LogP contribution in [-0.2, 0) is 10.0 Å². The summed E-state index contributed by atoms with van der Waals surface area (Å²) in [6, 6.07) is 18.2. The zero-order valence-corrected chi connectivity index (χ0v) is 16.4. The predicted octanol–water partition coefficient (Wildman–Crippen LogP) is 3.56. The first-order chi connectivity index (χ1) is 14.5. The molecule has 0 aliphatic rings. The Morgan fingerprint density at radius 2 is 1.60 bits per heavy atom. The Bertz CT molecular complexity index is 1490. The lowest BCUT2D eigenvalue weighted by molar-refractivity contribution is 0.598. The first-order valence-electron chi connectivity index (χ1n) is 9.06. The molecule has 9 heteroatoms. The van der Waals surface area contributed by atoms with Crippen molar-refractivity contribution in [3.05, 3.63) is 73.1 Å². The molecule has 0 saturated heterocycles. The van der Waals surface area contributed by atoms with Crippen molar-refractivity contribution in [3.8, 4) is 11.1 Å². The van der Waals surface area contributed by atoms with E-state index in [-0.39, 0.29) is 4.90 Å². The highest BCUT2D eigenvalue weighted by Crippen LogP contribution is 2.27. The van der Waals surface area contributed by atoms with Gasteiger partial charge in [-0.05, 0) is 47.5 Å². The van der Waals surface area contributed by atoms with Crippen molar-refractivity contribution in [2.24, 2.45) is 5.14 Å². The van der Waals surface area contributed by atoms with E-state index >= 15 is 0 Å². The molecular weight excluding hydrogens is 400 g/mol. The second-order valence-electron chi connectivity index (χ2n) is 6.83. The van der Waals surface area contributed by atoms with Gasteiger partial charge in [-0.25, -0.2) is 23.5 Å². The SMILES string of the molecule is NS(=O)(=O)c1ccc(Nc2ncc3ccc(-c4ccc5cn[nH]c5c4)cc3n2)cc1.